The third-order valence-corrected chi connectivity index (χ3v) is 2.75. The molecule has 2 heterocycles. The lowest BCUT2D eigenvalue weighted by Crippen LogP contribution is -2.36. The van der Waals surface area contributed by atoms with Crippen LogP contribution in [0.15, 0.2) is 24.5 Å². The van der Waals surface area contributed by atoms with Crippen molar-refractivity contribution in [2.45, 2.75) is 38.9 Å². The van der Waals surface area contributed by atoms with E-state index in [4.69, 9.17) is 9.47 Å². The molecule has 1 amide bonds. The van der Waals surface area contributed by atoms with E-state index in [1.807, 2.05) is 32.9 Å². The number of rotatable bonds is 2. The molecule has 0 bridgehead atoms. The van der Waals surface area contributed by atoms with Gasteiger partial charge in [0.25, 0.3) is 0 Å². The van der Waals surface area contributed by atoms with Gasteiger partial charge in [0.2, 0.25) is 0 Å². The number of likely N-dealkylation sites (tertiary alicyclic amines) is 1. The third kappa shape index (κ3) is 4.12. The molecule has 1 aliphatic heterocycles. The first kappa shape index (κ1) is 13.6. The smallest absolute Gasteiger partial charge is 0.410 e. The molecule has 1 aromatic rings. The molecule has 19 heavy (non-hydrogen) atoms. The van der Waals surface area contributed by atoms with Crippen molar-refractivity contribution in [2.75, 3.05) is 13.1 Å². The Morgan fingerprint density at radius 3 is 2.68 bits per heavy atom. The van der Waals surface area contributed by atoms with E-state index in [0.29, 0.717) is 13.1 Å². The molecular formula is C14H20N2O3. The molecule has 1 aromatic heterocycles. The summed E-state index contributed by atoms with van der Waals surface area (Å²) in [7, 11) is 0. The van der Waals surface area contributed by atoms with Gasteiger partial charge in [0.05, 0.1) is 6.54 Å². The van der Waals surface area contributed by atoms with E-state index in [1.165, 1.54) is 0 Å². The predicted molar refractivity (Wildman–Crippen MR) is 71.1 cm³/mol. The number of hydrogen-bond acceptors (Lipinski definition) is 4. The van der Waals surface area contributed by atoms with Gasteiger partial charge in [-0.1, -0.05) is 0 Å². The Balaban J connectivity index is 1.85. The molecule has 104 valence electrons. The number of carbonyl (C=O) groups is 1. The first-order valence-corrected chi connectivity index (χ1v) is 6.49. The highest BCUT2D eigenvalue weighted by molar-refractivity contribution is 5.68. The molecule has 5 heteroatoms. The minimum Gasteiger partial charge on any atom is -0.488 e. The van der Waals surface area contributed by atoms with Crippen molar-refractivity contribution in [3.05, 3.63) is 24.5 Å². The summed E-state index contributed by atoms with van der Waals surface area (Å²) in [6.45, 7) is 6.84. The van der Waals surface area contributed by atoms with E-state index in [1.54, 1.807) is 17.3 Å². The maximum Gasteiger partial charge on any atom is 0.410 e. The number of carbonyl (C=O) groups excluding carboxylic acids is 1. The number of aromatic nitrogens is 1. The summed E-state index contributed by atoms with van der Waals surface area (Å²) in [6.07, 6.45) is 3.95. The molecule has 0 N–H and O–H groups in total. The van der Waals surface area contributed by atoms with Gasteiger partial charge in [-0.05, 0) is 32.9 Å². The van der Waals surface area contributed by atoms with Crippen LogP contribution in [0.5, 0.6) is 5.75 Å². The maximum absolute atomic E-state index is 11.9. The zero-order valence-electron chi connectivity index (χ0n) is 11.6. The van der Waals surface area contributed by atoms with Crippen LogP contribution in [0.1, 0.15) is 27.2 Å². The van der Waals surface area contributed by atoms with Crippen molar-refractivity contribution in [2.24, 2.45) is 0 Å². The van der Waals surface area contributed by atoms with Crippen molar-refractivity contribution >= 4 is 6.09 Å². The quantitative estimate of drug-likeness (QED) is 0.823. The largest absolute Gasteiger partial charge is 0.488 e. The van der Waals surface area contributed by atoms with Crippen molar-refractivity contribution in [3.63, 3.8) is 0 Å². The molecule has 0 saturated carbocycles. The van der Waals surface area contributed by atoms with Crippen LogP contribution in [0.2, 0.25) is 0 Å². The lowest BCUT2D eigenvalue weighted by atomic mass is 10.2. The van der Waals surface area contributed by atoms with Crippen molar-refractivity contribution < 1.29 is 14.3 Å². The predicted octanol–water partition coefficient (Wildman–Crippen LogP) is 2.47. The van der Waals surface area contributed by atoms with Gasteiger partial charge < -0.3 is 14.4 Å². The number of ether oxygens (including phenoxy) is 2. The fraction of sp³-hybridized carbons (Fsp3) is 0.571. The van der Waals surface area contributed by atoms with Crippen LogP contribution in [-0.2, 0) is 4.74 Å². The maximum atomic E-state index is 11.9. The second-order valence-electron chi connectivity index (χ2n) is 5.64. The van der Waals surface area contributed by atoms with E-state index in [9.17, 15) is 4.79 Å². The Morgan fingerprint density at radius 2 is 2.05 bits per heavy atom. The molecule has 0 aromatic carbocycles. The molecule has 0 spiro atoms. The second-order valence-corrected chi connectivity index (χ2v) is 5.64. The van der Waals surface area contributed by atoms with Gasteiger partial charge in [0.15, 0.2) is 0 Å². The summed E-state index contributed by atoms with van der Waals surface area (Å²) in [5.74, 6) is 0.783. The normalized spacial score (nSPS) is 19.3. The summed E-state index contributed by atoms with van der Waals surface area (Å²) >= 11 is 0. The summed E-state index contributed by atoms with van der Waals surface area (Å²) in [6, 6.07) is 3.63. The highest BCUT2D eigenvalue weighted by atomic mass is 16.6. The molecule has 2 rings (SSSR count). The van der Waals surface area contributed by atoms with Crippen LogP contribution in [0.3, 0.4) is 0 Å². The van der Waals surface area contributed by atoms with Gasteiger partial charge in [-0.25, -0.2) is 4.79 Å². The molecule has 0 aliphatic carbocycles. The fourth-order valence-corrected chi connectivity index (χ4v) is 1.93. The molecular weight excluding hydrogens is 244 g/mol. The highest BCUT2D eigenvalue weighted by Gasteiger charge is 2.30. The first-order valence-electron chi connectivity index (χ1n) is 6.49. The molecule has 5 nitrogen and oxygen atoms in total. The van der Waals surface area contributed by atoms with Crippen LogP contribution in [0.4, 0.5) is 4.79 Å². The molecule has 1 atom stereocenters. The van der Waals surface area contributed by atoms with E-state index >= 15 is 0 Å². The third-order valence-electron chi connectivity index (χ3n) is 2.75. The Bertz CT molecular complexity index is 428. The van der Waals surface area contributed by atoms with E-state index < -0.39 is 5.60 Å². The van der Waals surface area contributed by atoms with Crippen LogP contribution >= 0.6 is 0 Å². The summed E-state index contributed by atoms with van der Waals surface area (Å²) < 4.78 is 11.1. The average molecular weight is 264 g/mol. The Hall–Kier alpha value is -1.78. The molecule has 0 radical (unpaired) electrons. The molecule has 0 unspecified atom stereocenters. The van der Waals surface area contributed by atoms with Crippen molar-refractivity contribution in [1.82, 2.24) is 9.88 Å². The van der Waals surface area contributed by atoms with Gasteiger partial charge in [0, 0.05) is 25.4 Å². The lowest BCUT2D eigenvalue weighted by molar-refractivity contribution is 0.0275. The number of amides is 1. The highest BCUT2D eigenvalue weighted by Crippen LogP contribution is 2.19. The Morgan fingerprint density at radius 1 is 1.37 bits per heavy atom. The summed E-state index contributed by atoms with van der Waals surface area (Å²) in [5.41, 5.74) is -0.457. The zero-order chi connectivity index (χ0) is 13.9. The van der Waals surface area contributed by atoms with Gasteiger partial charge >= 0.3 is 6.09 Å². The van der Waals surface area contributed by atoms with Crippen LogP contribution in [0.25, 0.3) is 0 Å². The van der Waals surface area contributed by atoms with E-state index in [-0.39, 0.29) is 12.2 Å². The summed E-state index contributed by atoms with van der Waals surface area (Å²) in [5, 5.41) is 0. The van der Waals surface area contributed by atoms with Crippen LogP contribution in [-0.4, -0.2) is 40.8 Å². The Labute approximate surface area is 113 Å². The number of hydrogen-bond donors (Lipinski definition) is 0. The SMILES string of the molecule is CC(C)(C)OC(=O)N1CC[C@H](Oc2ccncc2)C1. The molecule has 1 aliphatic rings. The Kier molecular flexibility index (Phi) is 3.93. The minimum absolute atomic E-state index is 0.0231. The molecule has 1 saturated heterocycles. The second kappa shape index (κ2) is 5.47. The van der Waals surface area contributed by atoms with Gasteiger partial charge in [-0.3, -0.25) is 4.98 Å². The van der Waals surface area contributed by atoms with Gasteiger partial charge in [-0.15, -0.1) is 0 Å². The van der Waals surface area contributed by atoms with Gasteiger partial charge in [-0.2, -0.15) is 0 Å². The van der Waals surface area contributed by atoms with Crippen molar-refractivity contribution in [1.29, 1.82) is 0 Å². The van der Waals surface area contributed by atoms with Gasteiger partial charge in [0.1, 0.15) is 17.5 Å². The average Bonchev–Trinajstić information content (AvgIpc) is 2.77. The van der Waals surface area contributed by atoms with Crippen LogP contribution in [0, 0.1) is 0 Å². The topological polar surface area (TPSA) is 51.7 Å². The standard InChI is InChI=1S/C14H20N2O3/c1-14(2,3)19-13(17)16-9-6-12(10-16)18-11-4-7-15-8-5-11/h4-5,7-8,12H,6,9-10H2,1-3H3/t12-/m0/s1. The number of pyridine rings is 1. The molecule has 1 fully saturated rings. The van der Waals surface area contributed by atoms with E-state index in [0.717, 1.165) is 12.2 Å². The first-order chi connectivity index (χ1) is 8.94. The number of nitrogens with zero attached hydrogens (tertiary/aromatic N) is 2. The van der Waals surface area contributed by atoms with Crippen LogP contribution < -0.4 is 4.74 Å². The zero-order valence-corrected chi connectivity index (χ0v) is 11.6. The van der Waals surface area contributed by atoms with E-state index in [2.05, 4.69) is 4.98 Å². The van der Waals surface area contributed by atoms with Crippen molar-refractivity contribution in [3.8, 4) is 5.75 Å². The fourth-order valence-electron chi connectivity index (χ4n) is 1.93. The monoisotopic (exact) mass is 264 g/mol. The lowest BCUT2D eigenvalue weighted by Gasteiger charge is -2.24. The minimum atomic E-state index is -0.457. The summed E-state index contributed by atoms with van der Waals surface area (Å²) in [4.78, 5) is 17.5.